The second-order valence-electron chi connectivity index (χ2n) is 9.03. The number of nitrogens with one attached hydrogen (secondary N) is 1. The summed E-state index contributed by atoms with van der Waals surface area (Å²) >= 11 is 1.67. The van der Waals surface area contributed by atoms with Gasteiger partial charge in [0.25, 0.3) is 0 Å². The van der Waals surface area contributed by atoms with Crippen molar-refractivity contribution in [3.8, 4) is 5.75 Å². The van der Waals surface area contributed by atoms with E-state index in [1.54, 1.807) is 11.8 Å². The van der Waals surface area contributed by atoms with Crippen LogP contribution < -0.4 is 10.1 Å². The van der Waals surface area contributed by atoms with Crippen molar-refractivity contribution in [3.05, 3.63) is 65.2 Å². The molecule has 0 spiro atoms. The van der Waals surface area contributed by atoms with Crippen LogP contribution in [0.5, 0.6) is 5.75 Å². The van der Waals surface area contributed by atoms with Crippen LogP contribution in [-0.2, 0) is 23.2 Å². The third-order valence-electron chi connectivity index (χ3n) is 6.94. The summed E-state index contributed by atoms with van der Waals surface area (Å²) in [6, 6.07) is 16.5. The number of hydrogen-bond donors (Lipinski definition) is 1. The number of carbonyl (C=O) groups excluding carboxylic acids is 1. The van der Waals surface area contributed by atoms with E-state index < -0.39 is 0 Å². The fraction of sp³-hybridized carbons (Fsp3) is 0.500. The summed E-state index contributed by atoms with van der Waals surface area (Å²) < 4.78 is 11.5. The molecule has 1 N–H and O–H groups in total. The first kappa shape index (κ1) is 22.1. The van der Waals surface area contributed by atoms with Crippen LogP contribution >= 0.6 is 11.8 Å². The molecule has 0 saturated heterocycles. The number of carbonyl (C=O) groups is 1. The van der Waals surface area contributed by atoms with Crippen molar-refractivity contribution in [1.82, 2.24) is 5.32 Å². The molecule has 1 saturated carbocycles. The fourth-order valence-electron chi connectivity index (χ4n) is 5.37. The molecule has 1 fully saturated rings. The molecule has 0 radical (unpaired) electrons. The summed E-state index contributed by atoms with van der Waals surface area (Å²) in [5.41, 5.74) is 3.62. The molecule has 0 aromatic heterocycles. The number of fused-ring (bicyclic) bond motifs is 4. The Morgan fingerprint density at radius 1 is 1.16 bits per heavy atom. The molecule has 2 aliphatic rings. The largest absolute Gasteiger partial charge is 0.483 e. The van der Waals surface area contributed by atoms with Gasteiger partial charge in [-0.3, -0.25) is 0 Å². The van der Waals surface area contributed by atoms with Crippen molar-refractivity contribution >= 4 is 17.9 Å². The topological polar surface area (TPSA) is 47.6 Å². The Bertz CT molecular complexity index is 887. The van der Waals surface area contributed by atoms with Crippen molar-refractivity contribution in [3.63, 3.8) is 0 Å². The van der Waals surface area contributed by atoms with Gasteiger partial charge in [-0.25, -0.2) is 4.79 Å². The van der Waals surface area contributed by atoms with E-state index in [2.05, 4.69) is 30.4 Å². The minimum Gasteiger partial charge on any atom is -0.483 e. The molecule has 3 atom stereocenters. The van der Waals surface area contributed by atoms with Crippen LogP contribution in [0, 0.1) is 5.92 Å². The molecule has 166 valence electrons. The van der Waals surface area contributed by atoms with E-state index in [1.807, 2.05) is 36.6 Å². The second-order valence-corrected chi connectivity index (χ2v) is 9.85. The summed E-state index contributed by atoms with van der Waals surface area (Å²) in [4.78, 5) is 12.8. The second kappa shape index (κ2) is 9.99. The first-order chi connectivity index (χ1) is 15.1. The lowest BCUT2D eigenvalue weighted by Gasteiger charge is -2.49. The highest BCUT2D eigenvalue weighted by Crippen LogP contribution is 2.47. The first-order valence-electron chi connectivity index (χ1n) is 11.3. The van der Waals surface area contributed by atoms with E-state index in [0.717, 1.165) is 30.6 Å². The molecule has 4 nitrogen and oxygen atoms in total. The number of benzene rings is 2. The number of ether oxygens (including phenoxy) is 2. The summed E-state index contributed by atoms with van der Waals surface area (Å²) in [6.07, 6.45) is 8.59. The van der Waals surface area contributed by atoms with E-state index in [-0.39, 0.29) is 17.6 Å². The predicted molar refractivity (Wildman–Crippen MR) is 127 cm³/mol. The van der Waals surface area contributed by atoms with Crippen LogP contribution in [0.4, 0.5) is 4.79 Å². The fourth-order valence-corrected chi connectivity index (χ4v) is 5.63. The minimum absolute atomic E-state index is 0.0689. The number of thioether (sulfide) groups is 1. The summed E-state index contributed by atoms with van der Waals surface area (Å²) in [6.45, 7) is 2.62. The zero-order valence-corrected chi connectivity index (χ0v) is 19.4. The van der Waals surface area contributed by atoms with Gasteiger partial charge >= 0.3 is 6.09 Å². The number of alkyl carbamates (subject to hydrolysis) is 1. The Morgan fingerprint density at radius 3 is 2.81 bits per heavy atom. The highest BCUT2D eigenvalue weighted by molar-refractivity contribution is 7.98. The maximum absolute atomic E-state index is 12.8. The lowest BCUT2D eigenvalue weighted by atomic mass is 9.59. The Labute approximate surface area is 190 Å². The first-order valence-corrected chi connectivity index (χ1v) is 12.7. The lowest BCUT2D eigenvalue weighted by Crippen LogP contribution is -2.57. The molecule has 5 heteroatoms. The van der Waals surface area contributed by atoms with Crippen LogP contribution in [-0.4, -0.2) is 24.3 Å². The highest BCUT2D eigenvalue weighted by Gasteiger charge is 2.46. The SMILES string of the molecule is CSCOc1ccc2c(c1)[C@@]1(C)CCCCC[C@@H](C2)[C@@H]1NC(=O)OCc1ccccc1. The van der Waals surface area contributed by atoms with Gasteiger partial charge in [-0.15, -0.1) is 11.8 Å². The standard InChI is InChI=1S/C26H33NO3S/c1-26-14-8-4-7-11-21(15-20-12-13-22(16-23(20)26)30-18-31-2)24(26)27-25(28)29-17-19-9-5-3-6-10-19/h3,5-6,9-10,12-13,16,21,24H,4,7-8,11,14-15,17-18H2,1-2H3,(H,27,28)/t21-,24-,26+/m0/s1. The Kier molecular flexibility index (Phi) is 7.11. The lowest BCUT2D eigenvalue weighted by molar-refractivity contribution is 0.110. The molecule has 2 aromatic rings. The monoisotopic (exact) mass is 439 g/mol. The van der Waals surface area contributed by atoms with Crippen LogP contribution in [0.25, 0.3) is 0 Å². The normalized spacial score (nSPS) is 25.0. The van der Waals surface area contributed by atoms with Gasteiger partial charge < -0.3 is 14.8 Å². The quantitative estimate of drug-likeness (QED) is 0.555. The highest BCUT2D eigenvalue weighted by atomic mass is 32.2. The molecule has 0 unspecified atom stereocenters. The van der Waals surface area contributed by atoms with Crippen LogP contribution in [0.15, 0.2) is 48.5 Å². The van der Waals surface area contributed by atoms with Crippen molar-refractivity contribution in [1.29, 1.82) is 0 Å². The molecule has 2 bridgehead atoms. The van der Waals surface area contributed by atoms with Crippen molar-refractivity contribution in [2.45, 2.75) is 63.5 Å². The van der Waals surface area contributed by atoms with Gasteiger partial charge in [0, 0.05) is 11.5 Å². The maximum Gasteiger partial charge on any atom is 0.407 e. The molecule has 0 heterocycles. The van der Waals surface area contributed by atoms with Crippen molar-refractivity contribution in [2.75, 3.05) is 12.2 Å². The third-order valence-corrected chi connectivity index (χ3v) is 7.29. The van der Waals surface area contributed by atoms with Gasteiger partial charge in [-0.05, 0) is 60.3 Å². The molecule has 31 heavy (non-hydrogen) atoms. The molecule has 0 aliphatic heterocycles. The van der Waals surface area contributed by atoms with Gasteiger partial charge in [0.2, 0.25) is 0 Å². The molecule has 2 aliphatic carbocycles. The predicted octanol–water partition coefficient (Wildman–Crippen LogP) is 6.08. The zero-order chi connectivity index (χ0) is 21.7. The van der Waals surface area contributed by atoms with E-state index in [4.69, 9.17) is 9.47 Å². The van der Waals surface area contributed by atoms with E-state index >= 15 is 0 Å². The van der Waals surface area contributed by atoms with Crippen LogP contribution in [0.3, 0.4) is 0 Å². The summed E-state index contributed by atoms with van der Waals surface area (Å²) in [5, 5.41) is 3.30. The zero-order valence-electron chi connectivity index (χ0n) is 18.6. The van der Waals surface area contributed by atoms with Gasteiger partial charge in [0.15, 0.2) is 0 Å². The smallest absolute Gasteiger partial charge is 0.407 e. The van der Waals surface area contributed by atoms with E-state index in [1.165, 1.54) is 30.4 Å². The number of rotatable bonds is 6. The van der Waals surface area contributed by atoms with Gasteiger partial charge in [0.05, 0.1) is 0 Å². The summed E-state index contributed by atoms with van der Waals surface area (Å²) in [7, 11) is 0. The number of amides is 1. The molecule has 1 amide bonds. The minimum atomic E-state index is -0.316. The Balaban J connectivity index is 1.56. The average Bonchev–Trinajstić information content (AvgIpc) is 2.79. The van der Waals surface area contributed by atoms with Gasteiger partial charge in [-0.1, -0.05) is 62.6 Å². The maximum atomic E-state index is 12.8. The molecular weight excluding hydrogens is 406 g/mol. The van der Waals surface area contributed by atoms with E-state index in [9.17, 15) is 4.79 Å². The van der Waals surface area contributed by atoms with Crippen LogP contribution in [0.1, 0.15) is 55.7 Å². The van der Waals surface area contributed by atoms with Crippen LogP contribution in [0.2, 0.25) is 0 Å². The molecule has 2 aromatic carbocycles. The van der Waals surface area contributed by atoms with Gasteiger partial charge in [-0.2, -0.15) is 0 Å². The molecular formula is C26H33NO3S. The average molecular weight is 440 g/mol. The van der Waals surface area contributed by atoms with E-state index in [0.29, 0.717) is 18.5 Å². The Hall–Kier alpha value is -2.14. The molecule has 4 rings (SSSR count). The van der Waals surface area contributed by atoms with Crippen molar-refractivity contribution in [2.24, 2.45) is 5.92 Å². The number of hydrogen-bond acceptors (Lipinski definition) is 4. The van der Waals surface area contributed by atoms with Gasteiger partial charge in [0.1, 0.15) is 18.3 Å². The third kappa shape index (κ3) is 5.03. The van der Waals surface area contributed by atoms with Crippen molar-refractivity contribution < 1.29 is 14.3 Å². The summed E-state index contributed by atoms with van der Waals surface area (Å²) in [5.74, 6) is 1.99. The Morgan fingerprint density at radius 2 is 2.00 bits per heavy atom.